The summed E-state index contributed by atoms with van der Waals surface area (Å²) in [5, 5.41) is 12.4. The zero-order chi connectivity index (χ0) is 21.7. The summed E-state index contributed by atoms with van der Waals surface area (Å²) in [6, 6.07) is 13.4. The highest BCUT2D eigenvalue weighted by Crippen LogP contribution is 2.20. The Bertz CT molecular complexity index is 1200. The third-order valence-corrected chi connectivity index (χ3v) is 5.38. The van der Waals surface area contributed by atoms with E-state index < -0.39 is 15.9 Å². The molecule has 0 unspecified atom stereocenters. The number of hydrogen-bond acceptors (Lipinski definition) is 5. The summed E-state index contributed by atoms with van der Waals surface area (Å²) >= 11 is 0. The third kappa shape index (κ3) is 5.52. The van der Waals surface area contributed by atoms with Crippen LogP contribution >= 0.6 is 0 Å². The fourth-order valence-electron chi connectivity index (χ4n) is 3.45. The van der Waals surface area contributed by atoms with E-state index in [1.807, 2.05) is 61.9 Å². The summed E-state index contributed by atoms with van der Waals surface area (Å²) in [4.78, 5) is 0. The molecular weight excluding hydrogens is 402 g/mol. The Morgan fingerprint density at radius 1 is 1.00 bits per heavy atom. The molecule has 0 aliphatic carbocycles. The van der Waals surface area contributed by atoms with Gasteiger partial charge in [-0.25, -0.2) is 8.42 Å². The maximum atomic E-state index is 11.0. The Morgan fingerprint density at radius 2 is 1.67 bits per heavy atom. The van der Waals surface area contributed by atoms with Gasteiger partial charge in [-0.2, -0.15) is 0 Å². The molecule has 0 saturated heterocycles. The molecular formula is C21H24N5O3S-. The molecule has 1 aromatic heterocycles. The van der Waals surface area contributed by atoms with E-state index in [2.05, 4.69) is 27.6 Å². The topological polar surface area (TPSA) is 104 Å². The van der Waals surface area contributed by atoms with Crippen LogP contribution in [-0.4, -0.2) is 27.9 Å². The van der Waals surface area contributed by atoms with Gasteiger partial charge < -0.3 is 9.12 Å². The number of benzene rings is 2. The standard InChI is InChI=1S/C21H25N5O3S/c1-16-14-17(2)20(18(3)15-16)26-12-11-25(10-7-13-30(27,28)29)21(26)23-24-22-19-8-5-4-6-9-19/h4-6,8-9,11-12,14-15H,7,10,13H2,1-3H3,(H,27,28,29)/p-1/b23-21-,24-22?. The van der Waals surface area contributed by atoms with E-state index in [1.54, 1.807) is 10.8 Å². The summed E-state index contributed by atoms with van der Waals surface area (Å²) in [5.74, 6) is -0.432. The van der Waals surface area contributed by atoms with Gasteiger partial charge in [-0.1, -0.05) is 41.0 Å². The summed E-state index contributed by atoms with van der Waals surface area (Å²) < 4.78 is 36.5. The predicted molar refractivity (Wildman–Crippen MR) is 114 cm³/mol. The Morgan fingerprint density at radius 3 is 2.30 bits per heavy atom. The van der Waals surface area contributed by atoms with Crippen LogP contribution in [0.15, 0.2) is 70.3 Å². The van der Waals surface area contributed by atoms with Crippen molar-refractivity contribution in [1.82, 2.24) is 9.13 Å². The molecule has 1 heterocycles. The van der Waals surface area contributed by atoms with Crippen LogP contribution in [0.5, 0.6) is 0 Å². The summed E-state index contributed by atoms with van der Waals surface area (Å²) in [6.45, 7) is 6.42. The molecule has 9 heteroatoms. The van der Waals surface area contributed by atoms with Crippen LogP contribution in [0.1, 0.15) is 23.1 Å². The number of imidazole rings is 1. The summed E-state index contributed by atoms with van der Waals surface area (Å²) in [6.07, 6.45) is 3.84. The second-order valence-corrected chi connectivity index (χ2v) is 8.67. The van der Waals surface area contributed by atoms with Crippen LogP contribution < -0.4 is 5.62 Å². The van der Waals surface area contributed by atoms with Gasteiger partial charge in [-0.05, 0) is 55.7 Å². The van der Waals surface area contributed by atoms with Gasteiger partial charge in [-0.15, -0.1) is 5.11 Å². The second-order valence-electron chi connectivity index (χ2n) is 7.15. The lowest BCUT2D eigenvalue weighted by molar-refractivity contribution is 0.458. The van der Waals surface area contributed by atoms with Gasteiger partial charge in [0.1, 0.15) is 0 Å². The van der Waals surface area contributed by atoms with Crippen LogP contribution in [0.25, 0.3) is 5.69 Å². The van der Waals surface area contributed by atoms with Gasteiger partial charge in [0, 0.05) is 24.7 Å². The average Bonchev–Trinajstić information content (AvgIpc) is 3.03. The first-order chi connectivity index (χ1) is 14.2. The average molecular weight is 427 g/mol. The van der Waals surface area contributed by atoms with Gasteiger partial charge in [0.2, 0.25) is 5.62 Å². The minimum Gasteiger partial charge on any atom is -0.748 e. The molecule has 2 aromatic carbocycles. The molecule has 3 rings (SSSR count). The first-order valence-electron chi connectivity index (χ1n) is 9.54. The lowest BCUT2D eigenvalue weighted by atomic mass is 10.1. The van der Waals surface area contributed by atoms with E-state index in [0.717, 1.165) is 22.4 Å². The van der Waals surface area contributed by atoms with Crippen LogP contribution in [0.2, 0.25) is 0 Å². The molecule has 0 aliphatic heterocycles. The first kappa shape index (κ1) is 21.7. The van der Waals surface area contributed by atoms with Crippen molar-refractivity contribution < 1.29 is 13.0 Å². The van der Waals surface area contributed by atoms with Crippen molar-refractivity contribution in [1.29, 1.82) is 0 Å². The SMILES string of the molecule is Cc1cc(C)c(-n2ccn(CCCS(=O)(=O)[O-])/c2=N/N=Nc2ccccc2)c(C)c1. The van der Waals surface area contributed by atoms with Crippen molar-refractivity contribution in [3.8, 4) is 5.69 Å². The highest BCUT2D eigenvalue weighted by Gasteiger charge is 2.11. The van der Waals surface area contributed by atoms with Gasteiger partial charge in [0.25, 0.3) is 0 Å². The molecule has 3 aromatic rings. The van der Waals surface area contributed by atoms with Crippen molar-refractivity contribution in [2.45, 2.75) is 33.7 Å². The summed E-state index contributed by atoms with van der Waals surface area (Å²) in [5.41, 5.74) is 5.46. The van der Waals surface area contributed by atoms with Gasteiger partial charge >= 0.3 is 0 Å². The van der Waals surface area contributed by atoms with Crippen molar-refractivity contribution in [3.63, 3.8) is 0 Å². The lowest BCUT2D eigenvalue weighted by Crippen LogP contribution is -2.26. The molecule has 0 spiro atoms. The smallest absolute Gasteiger partial charge is 0.236 e. The molecule has 158 valence electrons. The maximum Gasteiger partial charge on any atom is 0.236 e. The molecule has 0 aliphatic rings. The second kappa shape index (κ2) is 9.19. The zero-order valence-corrected chi connectivity index (χ0v) is 18.0. The van der Waals surface area contributed by atoms with Crippen LogP contribution in [0.3, 0.4) is 0 Å². The van der Waals surface area contributed by atoms with Crippen LogP contribution in [0, 0.1) is 20.8 Å². The minimum absolute atomic E-state index is 0.185. The molecule has 0 fully saturated rings. The Balaban J connectivity index is 2.05. The largest absolute Gasteiger partial charge is 0.748 e. The summed E-state index contributed by atoms with van der Waals surface area (Å²) in [7, 11) is -4.27. The number of rotatable bonds is 7. The molecule has 0 atom stereocenters. The van der Waals surface area contributed by atoms with Crippen molar-refractivity contribution >= 4 is 15.8 Å². The first-order valence-corrected chi connectivity index (χ1v) is 11.1. The fourth-order valence-corrected chi connectivity index (χ4v) is 3.93. The van der Waals surface area contributed by atoms with E-state index in [4.69, 9.17) is 0 Å². The molecule has 8 nitrogen and oxygen atoms in total. The fraction of sp³-hybridized carbons (Fsp3) is 0.286. The normalized spacial score (nSPS) is 12.7. The quantitative estimate of drug-likeness (QED) is 0.326. The minimum atomic E-state index is -4.27. The molecule has 0 bridgehead atoms. The molecule has 0 saturated carbocycles. The van der Waals surface area contributed by atoms with Gasteiger partial charge in [-0.3, -0.25) is 4.57 Å². The van der Waals surface area contributed by atoms with E-state index in [9.17, 15) is 13.0 Å². The van der Waals surface area contributed by atoms with Crippen molar-refractivity contribution in [2.24, 2.45) is 15.4 Å². The maximum absolute atomic E-state index is 11.0. The van der Waals surface area contributed by atoms with E-state index in [1.165, 1.54) is 0 Å². The monoisotopic (exact) mass is 426 g/mol. The number of aromatic nitrogens is 2. The molecule has 30 heavy (non-hydrogen) atoms. The van der Waals surface area contributed by atoms with E-state index in [0.29, 0.717) is 17.9 Å². The van der Waals surface area contributed by atoms with Crippen LogP contribution in [0.4, 0.5) is 5.69 Å². The number of hydrogen-bond donors (Lipinski definition) is 0. The number of nitrogens with zero attached hydrogens (tertiary/aromatic N) is 5. The number of aryl methyl sites for hydroxylation is 4. The van der Waals surface area contributed by atoms with Crippen LogP contribution in [-0.2, 0) is 16.7 Å². The van der Waals surface area contributed by atoms with E-state index >= 15 is 0 Å². The predicted octanol–water partition coefficient (Wildman–Crippen LogP) is 3.74. The van der Waals surface area contributed by atoms with E-state index in [-0.39, 0.29) is 6.42 Å². The molecule has 0 amide bonds. The highest BCUT2D eigenvalue weighted by atomic mass is 32.2. The van der Waals surface area contributed by atoms with Gasteiger partial charge in [0.05, 0.1) is 21.5 Å². The van der Waals surface area contributed by atoms with Crippen molar-refractivity contribution in [3.05, 3.63) is 77.2 Å². The Hall–Kier alpha value is -3.04. The molecule has 0 N–H and O–H groups in total. The zero-order valence-electron chi connectivity index (χ0n) is 17.2. The highest BCUT2D eigenvalue weighted by molar-refractivity contribution is 7.85. The lowest BCUT2D eigenvalue weighted by Gasteiger charge is -2.13. The third-order valence-electron chi connectivity index (χ3n) is 4.59. The Labute approximate surface area is 176 Å². The van der Waals surface area contributed by atoms with Crippen molar-refractivity contribution in [2.75, 3.05) is 5.75 Å². The van der Waals surface area contributed by atoms with Gasteiger partial charge in [0.15, 0.2) is 0 Å². The Kier molecular flexibility index (Phi) is 6.63. The molecule has 0 radical (unpaired) electrons.